The van der Waals surface area contributed by atoms with Gasteiger partial charge in [0.1, 0.15) is 0 Å². The van der Waals surface area contributed by atoms with E-state index in [0.717, 1.165) is 0 Å². The minimum absolute atomic E-state index is 0.142. The zero-order chi connectivity index (χ0) is 26.6. The topological polar surface area (TPSA) is 0 Å². The van der Waals surface area contributed by atoms with Gasteiger partial charge in [0.25, 0.3) is 0 Å². The summed E-state index contributed by atoms with van der Waals surface area (Å²) in [6.45, 7) is 13.7. The minimum Gasteiger partial charge on any atom is -0.0735 e. The van der Waals surface area contributed by atoms with E-state index in [1.54, 1.807) is 0 Å². The van der Waals surface area contributed by atoms with Crippen LogP contribution in [0.15, 0.2) is 109 Å². The molecule has 2 aliphatic carbocycles. The highest BCUT2D eigenvalue weighted by molar-refractivity contribution is 5.88. The Morgan fingerprint density at radius 1 is 0.632 bits per heavy atom. The quantitative estimate of drug-likeness (QED) is 0.265. The monoisotopic (exact) mass is 494 g/mol. The maximum Gasteiger partial charge on any atom is 0.0217 e. The van der Waals surface area contributed by atoms with Crippen LogP contribution in [0.2, 0.25) is 0 Å². The van der Waals surface area contributed by atoms with Crippen LogP contribution < -0.4 is 0 Å². The van der Waals surface area contributed by atoms with Gasteiger partial charge in [-0.15, -0.1) is 0 Å². The van der Waals surface area contributed by atoms with Crippen LogP contribution in [0, 0.1) is 25.2 Å². The van der Waals surface area contributed by atoms with Crippen LogP contribution in [0.4, 0.5) is 0 Å². The van der Waals surface area contributed by atoms with Crippen molar-refractivity contribution in [2.24, 2.45) is 11.3 Å². The molecule has 0 amide bonds. The minimum atomic E-state index is 0.142. The summed E-state index contributed by atoms with van der Waals surface area (Å²) in [5, 5.41) is 0. The zero-order valence-electron chi connectivity index (χ0n) is 23.5. The largest absolute Gasteiger partial charge is 0.0735 e. The first kappa shape index (κ1) is 24.7. The van der Waals surface area contributed by atoms with E-state index in [0.29, 0.717) is 5.92 Å². The maximum atomic E-state index is 2.48. The van der Waals surface area contributed by atoms with Gasteiger partial charge in [-0.2, -0.15) is 0 Å². The first-order chi connectivity index (χ1) is 18.2. The normalized spacial score (nSPS) is 18.3. The maximum absolute atomic E-state index is 2.48. The van der Waals surface area contributed by atoms with E-state index in [4.69, 9.17) is 0 Å². The van der Waals surface area contributed by atoms with Gasteiger partial charge in [0, 0.05) is 17.8 Å². The summed E-state index contributed by atoms with van der Waals surface area (Å²) in [7, 11) is 0. The lowest BCUT2D eigenvalue weighted by Gasteiger charge is -2.29. The molecule has 0 nitrogen and oxygen atoms in total. The number of hydrogen-bond acceptors (Lipinski definition) is 0. The van der Waals surface area contributed by atoms with E-state index in [-0.39, 0.29) is 17.3 Å². The van der Waals surface area contributed by atoms with Crippen molar-refractivity contribution in [1.82, 2.24) is 0 Å². The summed E-state index contributed by atoms with van der Waals surface area (Å²) in [6, 6.07) is 34.6. The molecule has 0 heterocycles. The average molecular weight is 495 g/mol. The summed E-state index contributed by atoms with van der Waals surface area (Å²) in [5.41, 5.74) is 15.5. The van der Waals surface area contributed by atoms with Crippen molar-refractivity contribution >= 4 is 5.57 Å². The van der Waals surface area contributed by atoms with E-state index >= 15 is 0 Å². The van der Waals surface area contributed by atoms with Gasteiger partial charge in [0.05, 0.1) is 0 Å². The van der Waals surface area contributed by atoms with E-state index in [9.17, 15) is 0 Å². The Morgan fingerprint density at radius 2 is 1.18 bits per heavy atom. The molecule has 190 valence electrons. The Bertz CT molecular complexity index is 1510. The molecule has 0 saturated carbocycles. The molecular weight excluding hydrogens is 456 g/mol. The highest BCUT2D eigenvalue weighted by Gasteiger charge is 2.39. The van der Waals surface area contributed by atoms with E-state index < -0.39 is 0 Å². The SMILES string of the molecule is Cc1ccc(C(c2ccc(C)cc2)C2c3ccccc3-c3cccc(C4=CC(C(C)(C)C)=CC4C)c32)cc1. The highest BCUT2D eigenvalue weighted by atomic mass is 14.4. The molecule has 0 aromatic heterocycles. The Hall–Kier alpha value is -3.64. The molecule has 2 aliphatic rings. The van der Waals surface area contributed by atoms with Crippen molar-refractivity contribution in [2.75, 3.05) is 0 Å². The van der Waals surface area contributed by atoms with Crippen LogP contribution >= 0.6 is 0 Å². The van der Waals surface area contributed by atoms with Crippen LogP contribution in [-0.2, 0) is 0 Å². The summed E-state index contributed by atoms with van der Waals surface area (Å²) < 4.78 is 0. The second-order valence-corrected chi connectivity index (χ2v) is 12.4. The van der Waals surface area contributed by atoms with Gasteiger partial charge in [-0.25, -0.2) is 0 Å². The van der Waals surface area contributed by atoms with Gasteiger partial charge in [0.2, 0.25) is 0 Å². The summed E-state index contributed by atoms with van der Waals surface area (Å²) in [5.74, 6) is 0.874. The van der Waals surface area contributed by atoms with Crippen LogP contribution in [0.25, 0.3) is 16.7 Å². The molecule has 0 heteroatoms. The predicted octanol–water partition coefficient (Wildman–Crippen LogP) is 10.3. The smallest absolute Gasteiger partial charge is 0.0217 e. The second kappa shape index (κ2) is 9.28. The van der Waals surface area contributed by atoms with Crippen molar-refractivity contribution in [2.45, 2.75) is 53.4 Å². The zero-order valence-corrected chi connectivity index (χ0v) is 23.5. The molecule has 0 saturated heterocycles. The average Bonchev–Trinajstić information content (AvgIpc) is 3.45. The lowest BCUT2D eigenvalue weighted by molar-refractivity contribution is 0.516. The van der Waals surface area contributed by atoms with Crippen LogP contribution in [0.1, 0.15) is 78.5 Å². The van der Waals surface area contributed by atoms with Crippen molar-refractivity contribution in [3.63, 3.8) is 0 Å². The van der Waals surface area contributed by atoms with Crippen molar-refractivity contribution in [1.29, 1.82) is 0 Å². The second-order valence-electron chi connectivity index (χ2n) is 12.4. The number of rotatable bonds is 4. The Labute approximate surface area is 228 Å². The number of aryl methyl sites for hydroxylation is 2. The lowest BCUT2D eigenvalue weighted by atomic mass is 9.73. The third-order valence-corrected chi connectivity index (χ3v) is 8.62. The van der Waals surface area contributed by atoms with Gasteiger partial charge in [-0.05, 0) is 69.4 Å². The molecule has 4 aromatic rings. The summed E-state index contributed by atoms with van der Waals surface area (Å²) >= 11 is 0. The van der Waals surface area contributed by atoms with Crippen LogP contribution in [0.3, 0.4) is 0 Å². The standard InChI is InChI=1S/C38H38/c1-24-14-18-27(19-15-24)35(28-20-16-25(2)17-21-28)37-32-11-8-7-10-30(32)31-12-9-13-33(36(31)37)34-23-29(22-26(34)3)38(4,5)6/h7-23,26,35,37H,1-6H3. The molecule has 0 aliphatic heterocycles. The van der Waals surface area contributed by atoms with Gasteiger partial charge in [-0.3, -0.25) is 0 Å². The number of benzene rings is 4. The highest BCUT2D eigenvalue weighted by Crippen LogP contribution is 2.56. The Kier molecular flexibility index (Phi) is 6.03. The molecule has 6 rings (SSSR count). The van der Waals surface area contributed by atoms with Gasteiger partial charge < -0.3 is 0 Å². The molecule has 0 spiro atoms. The molecule has 0 radical (unpaired) electrons. The Morgan fingerprint density at radius 3 is 1.76 bits per heavy atom. The van der Waals surface area contributed by atoms with Crippen molar-refractivity contribution in [3.8, 4) is 11.1 Å². The number of hydrogen-bond donors (Lipinski definition) is 0. The van der Waals surface area contributed by atoms with E-state index in [2.05, 4.69) is 145 Å². The molecule has 4 aromatic carbocycles. The molecule has 0 fully saturated rings. The lowest BCUT2D eigenvalue weighted by Crippen LogP contribution is -2.14. The molecule has 38 heavy (non-hydrogen) atoms. The fraction of sp³-hybridized carbons (Fsp3) is 0.263. The van der Waals surface area contributed by atoms with Gasteiger partial charge in [-0.1, -0.05) is 142 Å². The Balaban J connectivity index is 1.61. The van der Waals surface area contributed by atoms with Crippen molar-refractivity contribution < 1.29 is 0 Å². The van der Waals surface area contributed by atoms with Crippen LogP contribution in [-0.4, -0.2) is 0 Å². The third kappa shape index (κ3) is 4.17. The molecule has 2 unspecified atom stereocenters. The van der Waals surface area contributed by atoms with Crippen molar-refractivity contribution in [3.05, 3.63) is 148 Å². The first-order valence-electron chi connectivity index (χ1n) is 14.0. The number of allylic oxidation sites excluding steroid dienone is 4. The molecule has 0 bridgehead atoms. The summed E-state index contributed by atoms with van der Waals surface area (Å²) in [4.78, 5) is 0. The van der Waals surface area contributed by atoms with Gasteiger partial charge in [0.15, 0.2) is 0 Å². The van der Waals surface area contributed by atoms with Crippen LogP contribution in [0.5, 0.6) is 0 Å². The fourth-order valence-electron chi connectivity index (χ4n) is 6.52. The first-order valence-corrected chi connectivity index (χ1v) is 14.0. The predicted molar refractivity (Wildman–Crippen MR) is 163 cm³/mol. The molecule has 0 N–H and O–H groups in total. The fourth-order valence-corrected chi connectivity index (χ4v) is 6.52. The molecular formula is C38H38. The third-order valence-electron chi connectivity index (χ3n) is 8.62. The van der Waals surface area contributed by atoms with Gasteiger partial charge >= 0.3 is 0 Å². The van der Waals surface area contributed by atoms with E-state index in [1.807, 2.05) is 0 Å². The number of fused-ring (bicyclic) bond motifs is 3. The van der Waals surface area contributed by atoms with E-state index in [1.165, 1.54) is 61.2 Å². The molecule has 2 atom stereocenters. The summed E-state index contributed by atoms with van der Waals surface area (Å²) in [6.07, 6.45) is 4.95.